The van der Waals surface area contributed by atoms with Crippen molar-refractivity contribution in [2.75, 3.05) is 18.0 Å². The van der Waals surface area contributed by atoms with Gasteiger partial charge in [-0.3, -0.25) is 4.79 Å². The molecule has 0 bridgehead atoms. The van der Waals surface area contributed by atoms with Gasteiger partial charge in [-0.15, -0.1) is 11.3 Å². The van der Waals surface area contributed by atoms with Crippen LogP contribution in [0.3, 0.4) is 0 Å². The van der Waals surface area contributed by atoms with Gasteiger partial charge in [0, 0.05) is 36.1 Å². The molecule has 1 fully saturated rings. The molecular weight excluding hydrogens is 473 g/mol. The fourth-order valence-corrected chi connectivity index (χ4v) is 4.91. The molecule has 5 nitrogen and oxygen atoms in total. The average molecular weight is 495 g/mol. The number of halogens is 4. The van der Waals surface area contributed by atoms with Crippen LogP contribution in [0, 0.1) is 5.92 Å². The minimum absolute atomic E-state index is 0.0423. The topological polar surface area (TPSA) is 58.1 Å². The van der Waals surface area contributed by atoms with Crippen molar-refractivity contribution >= 4 is 34.7 Å². The molecule has 0 radical (unpaired) electrons. The molecule has 1 atom stereocenters. The van der Waals surface area contributed by atoms with E-state index in [1.807, 2.05) is 47.5 Å². The van der Waals surface area contributed by atoms with Crippen molar-refractivity contribution in [3.8, 4) is 11.3 Å². The Bertz CT molecular complexity index is 1110. The van der Waals surface area contributed by atoms with Crippen molar-refractivity contribution in [1.82, 2.24) is 15.3 Å². The van der Waals surface area contributed by atoms with Crippen LogP contribution < -0.4 is 10.2 Å². The zero-order chi connectivity index (χ0) is 23.6. The predicted octanol–water partition coefficient (Wildman–Crippen LogP) is 5.97. The number of aromatic nitrogens is 2. The highest BCUT2D eigenvalue weighted by atomic mass is 35.5. The van der Waals surface area contributed by atoms with E-state index in [1.165, 1.54) is 11.3 Å². The first kappa shape index (κ1) is 23.5. The number of hydrogen-bond acceptors (Lipinski definition) is 5. The van der Waals surface area contributed by atoms with E-state index in [-0.39, 0.29) is 22.9 Å². The highest BCUT2D eigenvalue weighted by Crippen LogP contribution is 2.35. The zero-order valence-corrected chi connectivity index (χ0v) is 19.3. The molecule has 1 aliphatic rings. The van der Waals surface area contributed by atoms with E-state index in [0.29, 0.717) is 31.7 Å². The van der Waals surface area contributed by atoms with Gasteiger partial charge in [0.15, 0.2) is 0 Å². The van der Waals surface area contributed by atoms with E-state index >= 15 is 0 Å². The molecule has 1 unspecified atom stereocenters. The number of carbonyl (C=O) groups excluding carboxylic acids is 1. The van der Waals surface area contributed by atoms with Gasteiger partial charge in [-0.1, -0.05) is 41.9 Å². The maximum atomic E-state index is 12.8. The molecule has 1 amide bonds. The van der Waals surface area contributed by atoms with Crippen molar-refractivity contribution in [1.29, 1.82) is 0 Å². The largest absolute Gasteiger partial charge is 0.417 e. The average Bonchev–Trinajstić information content (AvgIpc) is 3.30. The Morgan fingerprint density at radius 2 is 1.94 bits per heavy atom. The third kappa shape index (κ3) is 5.47. The van der Waals surface area contributed by atoms with Crippen molar-refractivity contribution in [3.05, 3.63) is 63.6 Å². The minimum Gasteiger partial charge on any atom is -0.355 e. The van der Waals surface area contributed by atoms with Crippen LogP contribution in [0.2, 0.25) is 5.02 Å². The van der Waals surface area contributed by atoms with Crippen LogP contribution in [0.15, 0.2) is 48.0 Å². The second-order valence-electron chi connectivity index (χ2n) is 7.96. The maximum Gasteiger partial charge on any atom is 0.417 e. The molecule has 4 rings (SSSR count). The first-order valence-electron chi connectivity index (χ1n) is 10.5. The minimum atomic E-state index is -4.49. The van der Waals surface area contributed by atoms with E-state index < -0.39 is 11.7 Å². The van der Waals surface area contributed by atoms with Gasteiger partial charge < -0.3 is 10.2 Å². The lowest BCUT2D eigenvalue weighted by Gasteiger charge is -2.33. The summed E-state index contributed by atoms with van der Waals surface area (Å²) in [6.07, 6.45) is -2.58. The molecule has 1 aliphatic heterocycles. The van der Waals surface area contributed by atoms with Gasteiger partial charge >= 0.3 is 6.18 Å². The monoisotopic (exact) mass is 494 g/mol. The summed E-state index contributed by atoms with van der Waals surface area (Å²) in [5.41, 5.74) is 1.03. The van der Waals surface area contributed by atoms with E-state index in [9.17, 15) is 18.0 Å². The van der Waals surface area contributed by atoms with E-state index in [2.05, 4.69) is 15.3 Å². The third-order valence-electron chi connectivity index (χ3n) is 5.64. The Morgan fingerprint density at radius 3 is 2.58 bits per heavy atom. The Morgan fingerprint density at radius 1 is 1.24 bits per heavy atom. The highest BCUT2D eigenvalue weighted by Gasteiger charge is 2.33. The van der Waals surface area contributed by atoms with Crippen LogP contribution in [0.4, 0.5) is 19.0 Å². The van der Waals surface area contributed by atoms with Crippen molar-refractivity contribution in [3.63, 3.8) is 0 Å². The first-order valence-corrected chi connectivity index (χ1v) is 11.8. The summed E-state index contributed by atoms with van der Waals surface area (Å²) in [5.74, 6) is 0.0729. The van der Waals surface area contributed by atoms with Gasteiger partial charge in [0.25, 0.3) is 0 Å². The SMILES string of the molecule is CC(NC(=O)C1CCN(c2ncc(C(F)(F)F)cc2Cl)CC1)c1nc(-c2ccccc2)cs1. The van der Waals surface area contributed by atoms with E-state index in [0.717, 1.165) is 28.5 Å². The molecule has 0 aliphatic carbocycles. The van der Waals surface area contributed by atoms with E-state index in [4.69, 9.17) is 11.6 Å². The molecule has 33 heavy (non-hydrogen) atoms. The van der Waals surface area contributed by atoms with Crippen LogP contribution in [-0.4, -0.2) is 29.0 Å². The summed E-state index contributed by atoms with van der Waals surface area (Å²) in [7, 11) is 0. The summed E-state index contributed by atoms with van der Waals surface area (Å²) in [4.78, 5) is 23.2. The van der Waals surface area contributed by atoms with Gasteiger partial charge in [0.2, 0.25) is 5.91 Å². The summed E-state index contributed by atoms with van der Waals surface area (Å²) in [6, 6.07) is 10.5. The normalized spacial score (nSPS) is 16.0. The second-order valence-corrected chi connectivity index (χ2v) is 9.25. The smallest absolute Gasteiger partial charge is 0.355 e. The maximum absolute atomic E-state index is 12.8. The molecule has 1 saturated heterocycles. The number of amides is 1. The third-order valence-corrected chi connectivity index (χ3v) is 6.94. The number of nitrogens with zero attached hydrogens (tertiary/aromatic N) is 3. The number of nitrogens with one attached hydrogen (secondary N) is 1. The zero-order valence-electron chi connectivity index (χ0n) is 17.8. The number of anilines is 1. The number of carbonyl (C=O) groups is 1. The number of rotatable bonds is 5. The molecule has 3 heterocycles. The van der Waals surface area contributed by atoms with E-state index in [1.54, 1.807) is 0 Å². The van der Waals surface area contributed by atoms with Gasteiger partial charge in [-0.25, -0.2) is 9.97 Å². The lowest BCUT2D eigenvalue weighted by atomic mass is 9.95. The molecular formula is C23H22ClF3N4OS. The predicted molar refractivity (Wildman–Crippen MR) is 123 cm³/mol. The lowest BCUT2D eigenvalue weighted by Crippen LogP contribution is -2.41. The number of benzene rings is 1. The fourth-order valence-electron chi connectivity index (χ4n) is 3.79. The Kier molecular flexibility index (Phi) is 6.90. The van der Waals surface area contributed by atoms with Crippen LogP contribution in [0.5, 0.6) is 0 Å². The van der Waals surface area contributed by atoms with Gasteiger partial charge in [-0.2, -0.15) is 13.2 Å². The number of thiazole rings is 1. The standard InChI is InChI=1S/C23H22ClF3N4OS/c1-14(22-30-19(13-33-22)15-5-3-2-4-6-15)29-21(32)16-7-9-31(10-8-16)20-18(24)11-17(12-28-20)23(25,26)27/h2-6,11-14,16H,7-10H2,1H3,(H,29,32). The first-order chi connectivity index (χ1) is 15.7. The highest BCUT2D eigenvalue weighted by molar-refractivity contribution is 7.10. The number of piperidine rings is 1. The molecule has 1 aromatic carbocycles. The summed E-state index contributed by atoms with van der Waals surface area (Å²) in [6.45, 7) is 2.88. The van der Waals surface area contributed by atoms with Crippen LogP contribution >= 0.6 is 22.9 Å². The van der Waals surface area contributed by atoms with Crippen LogP contribution in [0.25, 0.3) is 11.3 Å². The molecule has 0 saturated carbocycles. The van der Waals surface area contributed by atoms with Gasteiger partial charge in [-0.05, 0) is 25.8 Å². The number of pyridine rings is 1. The van der Waals surface area contributed by atoms with Crippen molar-refractivity contribution in [2.45, 2.75) is 32.0 Å². The number of hydrogen-bond donors (Lipinski definition) is 1. The fraction of sp³-hybridized carbons (Fsp3) is 0.348. The molecule has 2 aromatic heterocycles. The molecule has 1 N–H and O–H groups in total. The molecule has 10 heteroatoms. The molecule has 174 valence electrons. The van der Waals surface area contributed by atoms with Gasteiger partial charge in [0.05, 0.1) is 22.3 Å². The lowest BCUT2D eigenvalue weighted by molar-refractivity contribution is -0.137. The molecule has 3 aromatic rings. The Balaban J connectivity index is 1.33. The Labute approximate surface area is 198 Å². The van der Waals surface area contributed by atoms with Crippen molar-refractivity contribution in [2.24, 2.45) is 5.92 Å². The summed E-state index contributed by atoms with van der Waals surface area (Å²) in [5, 5.41) is 5.81. The quantitative estimate of drug-likeness (QED) is 0.474. The second kappa shape index (κ2) is 9.69. The molecule has 0 spiro atoms. The Hall–Kier alpha value is -2.65. The van der Waals surface area contributed by atoms with Crippen molar-refractivity contribution < 1.29 is 18.0 Å². The van der Waals surface area contributed by atoms with Gasteiger partial charge in [0.1, 0.15) is 10.8 Å². The van der Waals surface area contributed by atoms with Crippen LogP contribution in [0.1, 0.15) is 36.4 Å². The summed E-state index contributed by atoms with van der Waals surface area (Å²) >= 11 is 7.57. The summed E-state index contributed by atoms with van der Waals surface area (Å²) < 4.78 is 38.5. The number of alkyl halides is 3. The van der Waals surface area contributed by atoms with Crippen LogP contribution in [-0.2, 0) is 11.0 Å².